The number of amides is 1. The predicted octanol–water partition coefficient (Wildman–Crippen LogP) is 1.09. The van der Waals surface area contributed by atoms with Gasteiger partial charge in [0.1, 0.15) is 12.4 Å². The molecule has 2 rings (SSSR count). The summed E-state index contributed by atoms with van der Waals surface area (Å²) in [6, 6.07) is 0.205. The number of nitrogens with zero attached hydrogens (tertiary/aromatic N) is 4. The Hall–Kier alpha value is -1.61. The zero-order valence-corrected chi connectivity index (χ0v) is 14.0. The smallest absolute Gasteiger partial charge is 0.346 e. The summed E-state index contributed by atoms with van der Waals surface area (Å²) in [6.07, 6.45) is -0.644. The summed E-state index contributed by atoms with van der Waals surface area (Å²) in [5, 5.41) is 1.91. The van der Waals surface area contributed by atoms with Crippen molar-refractivity contribution in [3.63, 3.8) is 0 Å². The summed E-state index contributed by atoms with van der Waals surface area (Å²) in [6.45, 7) is 6.48. The Morgan fingerprint density at radius 2 is 2.17 bits per heavy atom. The van der Waals surface area contributed by atoms with Crippen LogP contribution in [0.15, 0.2) is 12.4 Å². The van der Waals surface area contributed by atoms with Crippen molar-refractivity contribution < 1.29 is 18.0 Å². The Kier molecular flexibility index (Phi) is 6.22. The van der Waals surface area contributed by atoms with Gasteiger partial charge in [-0.25, -0.2) is 4.98 Å². The highest BCUT2D eigenvalue weighted by Crippen LogP contribution is 2.14. The number of halogens is 3. The van der Waals surface area contributed by atoms with Crippen LogP contribution in [-0.2, 0) is 17.9 Å². The third kappa shape index (κ3) is 5.48. The first kappa shape index (κ1) is 18.7. The fraction of sp³-hybridized carbons (Fsp3) is 0.733. The number of aromatic nitrogens is 2. The van der Waals surface area contributed by atoms with Gasteiger partial charge in [0.05, 0.1) is 13.1 Å². The number of piperazine rings is 1. The first-order valence-electron chi connectivity index (χ1n) is 8.08. The Balaban J connectivity index is 1.79. The van der Waals surface area contributed by atoms with E-state index in [2.05, 4.69) is 28.3 Å². The van der Waals surface area contributed by atoms with Crippen molar-refractivity contribution in [1.82, 2.24) is 24.7 Å². The third-order valence-electron chi connectivity index (χ3n) is 4.19. The SMILES string of the molecule is CCn1ccnc1CN1CCN(CC(=O)NCC(F)(F)F)CC1C. The van der Waals surface area contributed by atoms with Gasteiger partial charge in [-0.05, 0) is 13.8 Å². The molecule has 0 aliphatic carbocycles. The maximum atomic E-state index is 12.1. The van der Waals surface area contributed by atoms with Crippen LogP contribution in [-0.4, -0.2) is 70.2 Å². The Labute approximate surface area is 139 Å². The molecule has 1 N–H and O–H groups in total. The van der Waals surface area contributed by atoms with E-state index in [0.29, 0.717) is 13.1 Å². The number of carbonyl (C=O) groups excluding carboxylic acids is 1. The molecule has 1 fully saturated rings. The molecule has 6 nitrogen and oxygen atoms in total. The molecule has 1 saturated heterocycles. The van der Waals surface area contributed by atoms with Crippen LogP contribution in [0.5, 0.6) is 0 Å². The molecule has 0 saturated carbocycles. The number of nitrogens with one attached hydrogen (secondary N) is 1. The van der Waals surface area contributed by atoms with E-state index in [4.69, 9.17) is 0 Å². The van der Waals surface area contributed by atoms with Crippen molar-refractivity contribution in [3.05, 3.63) is 18.2 Å². The van der Waals surface area contributed by atoms with Crippen molar-refractivity contribution in [2.24, 2.45) is 0 Å². The van der Waals surface area contributed by atoms with E-state index in [1.807, 2.05) is 16.4 Å². The maximum absolute atomic E-state index is 12.1. The molecule has 0 radical (unpaired) electrons. The highest BCUT2D eigenvalue weighted by Gasteiger charge is 2.29. The minimum Gasteiger partial charge on any atom is -0.346 e. The van der Waals surface area contributed by atoms with E-state index in [-0.39, 0.29) is 12.6 Å². The van der Waals surface area contributed by atoms with Gasteiger partial charge in [-0.3, -0.25) is 14.6 Å². The van der Waals surface area contributed by atoms with Crippen molar-refractivity contribution in [2.45, 2.75) is 39.2 Å². The lowest BCUT2D eigenvalue weighted by Crippen LogP contribution is -2.54. The fourth-order valence-electron chi connectivity index (χ4n) is 2.87. The molecule has 0 bridgehead atoms. The van der Waals surface area contributed by atoms with Gasteiger partial charge in [0.15, 0.2) is 0 Å². The van der Waals surface area contributed by atoms with Crippen LogP contribution in [0.25, 0.3) is 0 Å². The van der Waals surface area contributed by atoms with Gasteiger partial charge in [-0.1, -0.05) is 0 Å². The Morgan fingerprint density at radius 3 is 2.79 bits per heavy atom. The van der Waals surface area contributed by atoms with Crippen LogP contribution in [0.1, 0.15) is 19.7 Å². The second kappa shape index (κ2) is 7.98. The topological polar surface area (TPSA) is 53.4 Å². The number of alkyl halides is 3. The van der Waals surface area contributed by atoms with Crippen molar-refractivity contribution in [2.75, 3.05) is 32.7 Å². The monoisotopic (exact) mass is 347 g/mol. The first-order valence-corrected chi connectivity index (χ1v) is 8.08. The minimum absolute atomic E-state index is 0.00214. The summed E-state index contributed by atoms with van der Waals surface area (Å²) in [5.41, 5.74) is 0. The van der Waals surface area contributed by atoms with Crippen molar-refractivity contribution >= 4 is 5.91 Å². The molecule has 1 aromatic rings. The van der Waals surface area contributed by atoms with E-state index in [0.717, 1.165) is 25.5 Å². The molecule has 0 aromatic carbocycles. The highest BCUT2D eigenvalue weighted by atomic mass is 19.4. The summed E-state index contributed by atoms with van der Waals surface area (Å²) in [7, 11) is 0. The summed E-state index contributed by atoms with van der Waals surface area (Å²) < 4.78 is 38.4. The normalized spacial score (nSPS) is 20.3. The van der Waals surface area contributed by atoms with Gasteiger partial charge in [-0.2, -0.15) is 13.2 Å². The van der Waals surface area contributed by atoms with E-state index in [1.54, 1.807) is 6.20 Å². The summed E-state index contributed by atoms with van der Waals surface area (Å²) in [5.74, 6) is 0.412. The van der Waals surface area contributed by atoms with Crippen LogP contribution in [0.4, 0.5) is 13.2 Å². The van der Waals surface area contributed by atoms with E-state index >= 15 is 0 Å². The van der Waals surface area contributed by atoms with Gasteiger partial charge in [0, 0.05) is 44.6 Å². The van der Waals surface area contributed by atoms with Gasteiger partial charge in [0.25, 0.3) is 0 Å². The molecule has 2 heterocycles. The Bertz CT molecular complexity index is 545. The largest absolute Gasteiger partial charge is 0.405 e. The van der Waals surface area contributed by atoms with E-state index < -0.39 is 18.6 Å². The van der Waals surface area contributed by atoms with E-state index in [9.17, 15) is 18.0 Å². The molecular formula is C15H24F3N5O. The lowest BCUT2D eigenvalue weighted by molar-refractivity contribution is -0.139. The number of hydrogen-bond donors (Lipinski definition) is 1. The van der Waals surface area contributed by atoms with Crippen molar-refractivity contribution in [3.8, 4) is 0 Å². The summed E-state index contributed by atoms with van der Waals surface area (Å²) >= 11 is 0. The molecule has 1 atom stereocenters. The first-order chi connectivity index (χ1) is 11.3. The quantitative estimate of drug-likeness (QED) is 0.837. The van der Waals surface area contributed by atoms with Crippen LogP contribution in [0.2, 0.25) is 0 Å². The number of aryl methyl sites for hydroxylation is 1. The number of rotatable bonds is 6. The molecule has 1 amide bonds. The molecule has 1 unspecified atom stereocenters. The second-order valence-corrected chi connectivity index (χ2v) is 6.08. The molecule has 9 heteroatoms. The number of carbonyl (C=O) groups is 1. The van der Waals surface area contributed by atoms with Crippen LogP contribution >= 0.6 is 0 Å². The fourth-order valence-corrected chi connectivity index (χ4v) is 2.87. The van der Waals surface area contributed by atoms with Crippen molar-refractivity contribution in [1.29, 1.82) is 0 Å². The molecule has 1 aliphatic heterocycles. The van der Waals surface area contributed by atoms with Crippen LogP contribution < -0.4 is 5.32 Å². The third-order valence-corrected chi connectivity index (χ3v) is 4.19. The molecule has 1 aliphatic rings. The molecule has 0 spiro atoms. The predicted molar refractivity (Wildman–Crippen MR) is 83.3 cm³/mol. The van der Waals surface area contributed by atoms with Gasteiger partial charge in [-0.15, -0.1) is 0 Å². The summed E-state index contributed by atoms with van der Waals surface area (Å²) in [4.78, 5) is 20.1. The zero-order chi connectivity index (χ0) is 17.7. The lowest BCUT2D eigenvalue weighted by Gasteiger charge is -2.39. The van der Waals surface area contributed by atoms with Gasteiger partial charge >= 0.3 is 6.18 Å². The number of hydrogen-bond acceptors (Lipinski definition) is 4. The molecule has 1 aromatic heterocycles. The lowest BCUT2D eigenvalue weighted by atomic mass is 10.2. The average molecular weight is 347 g/mol. The maximum Gasteiger partial charge on any atom is 0.405 e. The highest BCUT2D eigenvalue weighted by molar-refractivity contribution is 5.78. The zero-order valence-electron chi connectivity index (χ0n) is 14.0. The minimum atomic E-state index is -4.37. The molecule has 136 valence electrons. The second-order valence-electron chi connectivity index (χ2n) is 6.08. The average Bonchev–Trinajstić information content (AvgIpc) is 2.94. The standard InChI is InChI=1S/C15H24F3N5O/c1-3-22-5-4-19-13(22)9-23-7-6-21(8-12(23)2)10-14(24)20-11-15(16,17)18/h4-5,12H,3,6-11H2,1-2H3,(H,20,24). The molecular weight excluding hydrogens is 323 g/mol. The number of imidazole rings is 1. The van der Waals surface area contributed by atoms with Gasteiger partial charge < -0.3 is 9.88 Å². The van der Waals surface area contributed by atoms with Gasteiger partial charge in [0.2, 0.25) is 5.91 Å². The van der Waals surface area contributed by atoms with Crippen LogP contribution in [0, 0.1) is 0 Å². The van der Waals surface area contributed by atoms with E-state index in [1.165, 1.54) is 0 Å². The van der Waals surface area contributed by atoms with Crippen LogP contribution in [0.3, 0.4) is 0 Å². The Morgan fingerprint density at radius 1 is 1.42 bits per heavy atom. The molecule has 24 heavy (non-hydrogen) atoms.